The van der Waals surface area contributed by atoms with E-state index in [4.69, 9.17) is 4.98 Å². The van der Waals surface area contributed by atoms with Gasteiger partial charge in [-0.25, -0.2) is 4.98 Å². The van der Waals surface area contributed by atoms with Gasteiger partial charge < -0.3 is 4.57 Å². The minimum absolute atomic E-state index is 0.868. The van der Waals surface area contributed by atoms with Crippen molar-refractivity contribution in [1.29, 1.82) is 0 Å². The highest BCUT2D eigenvalue weighted by atomic mass is 15.1. The van der Waals surface area contributed by atoms with E-state index >= 15 is 0 Å². The van der Waals surface area contributed by atoms with Crippen molar-refractivity contribution in [2.75, 3.05) is 0 Å². The molecule has 0 aliphatic rings. The first-order valence-corrected chi connectivity index (χ1v) is 12.5. The minimum atomic E-state index is 0.868. The molecule has 37 heavy (non-hydrogen) atoms. The van der Waals surface area contributed by atoms with Gasteiger partial charge in [-0.1, -0.05) is 60.7 Å². The Labute approximate surface area is 214 Å². The molecular weight excluding hydrogens is 452 g/mol. The molecule has 3 aromatic heterocycles. The minimum Gasteiger partial charge on any atom is -0.316 e. The molecule has 4 nitrogen and oxygen atoms in total. The number of aliphatic imine (C=N–C) groups is 1. The van der Waals surface area contributed by atoms with E-state index < -0.39 is 0 Å². The van der Waals surface area contributed by atoms with Crippen molar-refractivity contribution in [3.63, 3.8) is 0 Å². The van der Waals surface area contributed by atoms with Gasteiger partial charge in [0.15, 0.2) is 0 Å². The lowest BCUT2D eigenvalue weighted by molar-refractivity contribution is 1.08. The Balaban J connectivity index is 1.61. The topological polar surface area (TPSA) is 35.1 Å². The average molecular weight is 477 g/mol. The van der Waals surface area contributed by atoms with E-state index in [9.17, 15) is 0 Å². The molecule has 0 aliphatic heterocycles. The fourth-order valence-corrected chi connectivity index (χ4v) is 5.41. The normalized spacial score (nSPS) is 12.2. The predicted octanol–water partition coefficient (Wildman–Crippen LogP) is 8.34. The van der Waals surface area contributed by atoms with Gasteiger partial charge in [-0.2, -0.15) is 0 Å². The van der Waals surface area contributed by atoms with Gasteiger partial charge in [0.25, 0.3) is 0 Å². The van der Waals surface area contributed by atoms with Crippen LogP contribution in [0.25, 0.3) is 61.1 Å². The van der Waals surface area contributed by atoms with Gasteiger partial charge in [0, 0.05) is 40.5 Å². The molecule has 0 saturated carbocycles. The zero-order chi connectivity index (χ0) is 24.8. The molecule has 176 valence electrons. The van der Waals surface area contributed by atoms with Crippen LogP contribution in [0.5, 0.6) is 0 Å². The Kier molecular flexibility index (Phi) is 4.96. The van der Waals surface area contributed by atoms with Gasteiger partial charge in [0.1, 0.15) is 5.82 Å². The molecule has 0 bridgehead atoms. The molecular formula is C33H24N4. The molecule has 7 aromatic rings. The number of rotatable bonds is 4. The van der Waals surface area contributed by atoms with Gasteiger partial charge in [-0.15, -0.1) is 0 Å². The van der Waals surface area contributed by atoms with Crippen molar-refractivity contribution >= 4 is 55.8 Å². The molecule has 3 heterocycles. The third-order valence-corrected chi connectivity index (χ3v) is 6.98. The molecule has 0 saturated heterocycles. The second-order valence-electron chi connectivity index (χ2n) is 9.08. The van der Waals surface area contributed by atoms with Crippen LogP contribution in [0.4, 0.5) is 0 Å². The molecule has 0 aliphatic carbocycles. The van der Waals surface area contributed by atoms with E-state index in [1.165, 1.54) is 38.0 Å². The Hall–Kier alpha value is -4.96. The summed E-state index contributed by atoms with van der Waals surface area (Å²) in [7, 11) is 0. The molecule has 0 radical (unpaired) electrons. The van der Waals surface area contributed by atoms with E-state index in [1.807, 2.05) is 19.1 Å². The summed E-state index contributed by atoms with van der Waals surface area (Å²) >= 11 is 0. The fourth-order valence-electron chi connectivity index (χ4n) is 5.41. The molecule has 0 spiro atoms. The van der Waals surface area contributed by atoms with Crippen LogP contribution in [0.2, 0.25) is 0 Å². The zero-order valence-corrected chi connectivity index (χ0v) is 20.4. The van der Waals surface area contributed by atoms with Crippen LogP contribution in [-0.2, 0) is 0 Å². The summed E-state index contributed by atoms with van der Waals surface area (Å²) in [5, 5.41) is 6.15. The van der Waals surface area contributed by atoms with Crippen molar-refractivity contribution in [1.82, 2.24) is 14.1 Å². The number of hydrogen-bond acceptors (Lipinski definition) is 2. The number of fused-ring (bicyclic) bond motifs is 7. The average Bonchev–Trinajstić information content (AvgIpc) is 3.53. The summed E-state index contributed by atoms with van der Waals surface area (Å²) in [4.78, 5) is 9.25. The standard InChI is InChI=1S/C33H24N4/c1-2-34-21-19-24-10-8-14-31(35-24)37-30-17-15-23-9-6-7-13-26(23)32(30)28-16-18-29-27(33(28)37)20-22-36(29)25-11-4-3-5-12-25/h2-22H,1H3/b21-19+,34-2-. The smallest absolute Gasteiger partial charge is 0.138 e. The third kappa shape index (κ3) is 3.38. The third-order valence-electron chi connectivity index (χ3n) is 6.98. The first-order chi connectivity index (χ1) is 18.3. The van der Waals surface area contributed by atoms with E-state index in [0.717, 1.165) is 22.7 Å². The van der Waals surface area contributed by atoms with Gasteiger partial charge in [0.05, 0.1) is 22.2 Å². The van der Waals surface area contributed by atoms with Crippen molar-refractivity contribution in [3.05, 3.63) is 121 Å². The van der Waals surface area contributed by atoms with Crippen LogP contribution < -0.4 is 0 Å². The number of hydrogen-bond donors (Lipinski definition) is 0. The number of para-hydroxylation sites is 1. The summed E-state index contributed by atoms with van der Waals surface area (Å²) in [6.07, 6.45) is 7.65. The van der Waals surface area contributed by atoms with E-state index in [2.05, 4.69) is 117 Å². The molecule has 0 amide bonds. The molecule has 0 unspecified atom stereocenters. The number of benzene rings is 4. The molecule has 0 fully saturated rings. The summed E-state index contributed by atoms with van der Waals surface area (Å²) in [5.41, 5.74) is 5.49. The molecule has 0 N–H and O–H groups in total. The van der Waals surface area contributed by atoms with E-state index in [-0.39, 0.29) is 0 Å². The van der Waals surface area contributed by atoms with Crippen molar-refractivity contribution in [3.8, 4) is 11.5 Å². The van der Waals surface area contributed by atoms with Crippen LogP contribution in [0.3, 0.4) is 0 Å². The lowest BCUT2D eigenvalue weighted by Crippen LogP contribution is -1.99. The van der Waals surface area contributed by atoms with E-state index in [1.54, 1.807) is 12.4 Å². The van der Waals surface area contributed by atoms with Gasteiger partial charge >= 0.3 is 0 Å². The number of nitrogens with zero attached hydrogens (tertiary/aromatic N) is 4. The monoisotopic (exact) mass is 476 g/mol. The lowest BCUT2D eigenvalue weighted by Gasteiger charge is -2.10. The van der Waals surface area contributed by atoms with Gasteiger partial charge in [0.2, 0.25) is 0 Å². The molecule has 4 heteroatoms. The first-order valence-electron chi connectivity index (χ1n) is 12.5. The highest BCUT2D eigenvalue weighted by Gasteiger charge is 2.19. The summed E-state index contributed by atoms with van der Waals surface area (Å²) < 4.78 is 4.57. The summed E-state index contributed by atoms with van der Waals surface area (Å²) in [5.74, 6) is 0.887. The highest BCUT2D eigenvalue weighted by Crippen LogP contribution is 2.40. The van der Waals surface area contributed by atoms with Crippen molar-refractivity contribution < 1.29 is 0 Å². The fraction of sp³-hybridized carbons (Fsp3) is 0.0303. The van der Waals surface area contributed by atoms with E-state index in [0.29, 0.717) is 0 Å². The van der Waals surface area contributed by atoms with Crippen LogP contribution >= 0.6 is 0 Å². The summed E-state index contributed by atoms with van der Waals surface area (Å²) in [6, 6.07) is 36.4. The zero-order valence-electron chi connectivity index (χ0n) is 20.4. The van der Waals surface area contributed by atoms with Crippen molar-refractivity contribution in [2.45, 2.75) is 6.92 Å². The Morgan fingerprint density at radius 3 is 2.43 bits per heavy atom. The highest BCUT2D eigenvalue weighted by molar-refractivity contribution is 6.25. The number of pyridine rings is 1. The maximum absolute atomic E-state index is 5.03. The maximum Gasteiger partial charge on any atom is 0.138 e. The molecule has 7 rings (SSSR count). The second-order valence-corrected chi connectivity index (χ2v) is 9.08. The van der Waals surface area contributed by atoms with Crippen molar-refractivity contribution in [2.24, 2.45) is 4.99 Å². The second kappa shape index (κ2) is 8.61. The molecule has 4 aromatic carbocycles. The Morgan fingerprint density at radius 2 is 1.54 bits per heavy atom. The molecule has 0 atom stereocenters. The SMILES string of the molecule is C/C=N\C=C\c1cccc(-n2c3ccc4ccccc4c3c3ccc4c(ccn4-c4ccccc4)c32)n1. The van der Waals surface area contributed by atoms with Crippen LogP contribution in [0.15, 0.2) is 121 Å². The van der Waals surface area contributed by atoms with Crippen LogP contribution in [0.1, 0.15) is 12.6 Å². The van der Waals surface area contributed by atoms with Crippen LogP contribution in [-0.4, -0.2) is 20.3 Å². The first kappa shape index (κ1) is 21.3. The Bertz CT molecular complexity index is 1990. The van der Waals surface area contributed by atoms with Gasteiger partial charge in [-0.3, -0.25) is 9.56 Å². The van der Waals surface area contributed by atoms with Crippen LogP contribution in [0, 0.1) is 0 Å². The quantitative estimate of drug-likeness (QED) is 0.235. The van der Waals surface area contributed by atoms with Gasteiger partial charge in [-0.05, 0) is 66.2 Å². The predicted molar refractivity (Wildman–Crippen MR) is 156 cm³/mol. The lowest BCUT2D eigenvalue weighted by atomic mass is 10.0. The summed E-state index contributed by atoms with van der Waals surface area (Å²) in [6.45, 7) is 1.91. The largest absolute Gasteiger partial charge is 0.316 e. The maximum atomic E-state index is 5.03. The Morgan fingerprint density at radius 1 is 0.703 bits per heavy atom. The number of aromatic nitrogens is 3.